The Bertz CT molecular complexity index is 410. The maximum atomic E-state index is 11.1. The molecule has 1 unspecified atom stereocenters. The molecule has 0 aliphatic carbocycles. The lowest BCUT2D eigenvalue weighted by molar-refractivity contribution is -0.139. The van der Waals surface area contributed by atoms with Gasteiger partial charge in [-0.1, -0.05) is 31.5 Å². The van der Waals surface area contributed by atoms with Gasteiger partial charge in [0.25, 0.3) is 0 Å². The van der Waals surface area contributed by atoms with Crippen molar-refractivity contribution in [3.63, 3.8) is 0 Å². The van der Waals surface area contributed by atoms with E-state index in [9.17, 15) is 4.79 Å². The lowest BCUT2D eigenvalue weighted by Gasteiger charge is -2.17. The molecule has 0 bridgehead atoms. The van der Waals surface area contributed by atoms with E-state index in [-0.39, 0.29) is 18.5 Å². The molecule has 0 amide bonds. The molecule has 0 aliphatic rings. The topological polar surface area (TPSA) is 58.6 Å². The van der Waals surface area contributed by atoms with Crippen LogP contribution in [0, 0.1) is 0 Å². The van der Waals surface area contributed by atoms with Gasteiger partial charge in [0.1, 0.15) is 11.8 Å². The van der Waals surface area contributed by atoms with Crippen molar-refractivity contribution in [3.8, 4) is 5.75 Å². The Morgan fingerprint density at radius 1 is 1.35 bits per heavy atom. The molecular weight excluding hydrogens is 278 g/mol. The predicted molar refractivity (Wildman–Crippen MR) is 82.6 cm³/mol. The number of nitrogens with one attached hydrogen (secondary N) is 1. The Balaban J connectivity index is 0.00000361. The molecule has 5 heteroatoms. The average Bonchev–Trinajstić information content (AvgIpc) is 2.35. The second-order valence-electron chi connectivity index (χ2n) is 4.83. The molecule has 0 aliphatic heterocycles. The summed E-state index contributed by atoms with van der Waals surface area (Å²) in [7, 11) is 0. The van der Waals surface area contributed by atoms with Crippen molar-refractivity contribution in [3.05, 3.63) is 29.8 Å². The summed E-state index contributed by atoms with van der Waals surface area (Å²) in [5, 5.41) is 12.2. The van der Waals surface area contributed by atoms with E-state index in [0.717, 1.165) is 17.7 Å². The van der Waals surface area contributed by atoms with Crippen molar-refractivity contribution in [2.45, 2.75) is 52.3 Å². The smallest absolute Gasteiger partial charge is 0.320 e. The van der Waals surface area contributed by atoms with Crippen molar-refractivity contribution >= 4 is 18.4 Å². The quantitative estimate of drug-likeness (QED) is 0.774. The Kier molecular flexibility index (Phi) is 9.01. The lowest BCUT2D eigenvalue weighted by atomic mass is 10.1. The maximum Gasteiger partial charge on any atom is 0.320 e. The number of rotatable bonds is 8. The number of hydrogen-bond donors (Lipinski definition) is 2. The molecule has 0 radical (unpaired) electrons. The second kappa shape index (κ2) is 9.61. The third kappa shape index (κ3) is 6.26. The Hall–Kier alpha value is -1.26. The van der Waals surface area contributed by atoms with Crippen molar-refractivity contribution in [1.29, 1.82) is 0 Å². The summed E-state index contributed by atoms with van der Waals surface area (Å²) in [6, 6.07) is 7.21. The number of ether oxygens (including phenoxy) is 1. The molecule has 0 aromatic heterocycles. The molecule has 0 saturated carbocycles. The summed E-state index contributed by atoms with van der Waals surface area (Å²) >= 11 is 0. The van der Waals surface area contributed by atoms with Crippen LogP contribution in [0.25, 0.3) is 0 Å². The zero-order valence-electron chi connectivity index (χ0n) is 12.3. The fourth-order valence-corrected chi connectivity index (χ4v) is 1.85. The van der Waals surface area contributed by atoms with Crippen LogP contribution in [0.2, 0.25) is 0 Å². The maximum absolute atomic E-state index is 11.1. The van der Waals surface area contributed by atoms with Gasteiger partial charge in [-0.15, -0.1) is 12.4 Å². The van der Waals surface area contributed by atoms with Gasteiger partial charge < -0.3 is 15.2 Å². The fourth-order valence-electron chi connectivity index (χ4n) is 1.85. The Labute approximate surface area is 126 Å². The first-order valence-corrected chi connectivity index (χ1v) is 6.75. The predicted octanol–water partition coefficient (Wildman–Crippen LogP) is 3.24. The Morgan fingerprint density at radius 2 is 2.00 bits per heavy atom. The highest BCUT2D eigenvalue weighted by molar-refractivity contribution is 5.85. The number of para-hydroxylation sites is 1. The number of carboxylic acids is 1. The Morgan fingerprint density at radius 3 is 2.55 bits per heavy atom. The van der Waals surface area contributed by atoms with Gasteiger partial charge in [0.2, 0.25) is 0 Å². The first-order chi connectivity index (χ1) is 9.04. The fraction of sp³-hybridized carbons (Fsp3) is 0.533. The van der Waals surface area contributed by atoms with Crippen molar-refractivity contribution < 1.29 is 14.6 Å². The van der Waals surface area contributed by atoms with E-state index >= 15 is 0 Å². The van der Waals surface area contributed by atoms with Gasteiger partial charge in [-0.2, -0.15) is 0 Å². The van der Waals surface area contributed by atoms with Crippen LogP contribution >= 0.6 is 12.4 Å². The van der Waals surface area contributed by atoms with Gasteiger partial charge in [0.05, 0.1) is 6.10 Å². The third-order valence-electron chi connectivity index (χ3n) is 2.75. The van der Waals surface area contributed by atoms with E-state index < -0.39 is 12.0 Å². The van der Waals surface area contributed by atoms with Crippen LogP contribution in [0.3, 0.4) is 0 Å². The summed E-state index contributed by atoms with van der Waals surface area (Å²) in [5.74, 6) is 0.00902. The minimum atomic E-state index is -0.802. The summed E-state index contributed by atoms with van der Waals surface area (Å²) in [4.78, 5) is 11.1. The van der Waals surface area contributed by atoms with Crippen molar-refractivity contribution in [2.24, 2.45) is 0 Å². The summed E-state index contributed by atoms with van der Waals surface area (Å²) < 4.78 is 5.71. The van der Waals surface area contributed by atoms with Crippen molar-refractivity contribution in [2.75, 3.05) is 0 Å². The first kappa shape index (κ1) is 18.7. The van der Waals surface area contributed by atoms with Gasteiger partial charge in [0.15, 0.2) is 0 Å². The molecule has 0 heterocycles. The summed E-state index contributed by atoms with van der Waals surface area (Å²) in [6.45, 7) is 6.43. The molecule has 0 saturated heterocycles. The molecule has 114 valence electrons. The third-order valence-corrected chi connectivity index (χ3v) is 2.75. The van der Waals surface area contributed by atoms with E-state index in [2.05, 4.69) is 5.32 Å². The minimum Gasteiger partial charge on any atom is -0.491 e. The van der Waals surface area contributed by atoms with Crippen LogP contribution in [-0.4, -0.2) is 23.2 Å². The second-order valence-corrected chi connectivity index (χ2v) is 4.83. The standard InChI is InChI=1S/C15H23NO3.ClH/c1-4-7-13(15(17)18)16-10-12-8-5-6-9-14(12)19-11(2)3;/h5-6,8-9,11,13,16H,4,7,10H2,1-3H3,(H,17,18);1H. The van der Waals surface area contributed by atoms with Gasteiger partial charge in [-0.3, -0.25) is 4.79 Å². The van der Waals surface area contributed by atoms with Gasteiger partial charge in [0, 0.05) is 12.1 Å². The highest BCUT2D eigenvalue weighted by Gasteiger charge is 2.16. The zero-order chi connectivity index (χ0) is 14.3. The van der Waals surface area contributed by atoms with Gasteiger partial charge in [-0.05, 0) is 26.3 Å². The zero-order valence-corrected chi connectivity index (χ0v) is 13.1. The van der Waals surface area contributed by atoms with Crippen LogP contribution in [-0.2, 0) is 11.3 Å². The molecule has 1 atom stereocenters. The van der Waals surface area contributed by atoms with Gasteiger partial charge >= 0.3 is 5.97 Å². The van der Waals surface area contributed by atoms with Crippen LogP contribution < -0.4 is 10.1 Å². The highest BCUT2D eigenvalue weighted by atomic mass is 35.5. The number of hydrogen-bond acceptors (Lipinski definition) is 3. The molecule has 1 rings (SSSR count). The van der Waals surface area contributed by atoms with E-state index in [1.54, 1.807) is 0 Å². The average molecular weight is 302 g/mol. The molecular formula is C15H24ClNO3. The SMILES string of the molecule is CCCC(NCc1ccccc1OC(C)C)C(=O)O.Cl. The minimum absolute atomic E-state index is 0. The van der Waals surface area contributed by atoms with E-state index in [0.29, 0.717) is 13.0 Å². The van der Waals surface area contributed by atoms with Crippen molar-refractivity contribution in [1.82, 2.24) is 5.32 Å². The van der Waals surface area contributed by atoms with Crippen LogP contribution in [0.15, 0.2) is 24.3 Å². The molecule has 0 spiro atoms. The lowest BCUT2D eigenvalue weighted by Crippen LogP contribution is -2.36. The molecule has 20 heavy (non-hydrogen) atoms. The number of aliphatic carboxylic acids is 1. The number of carbonyl (C=O) groups is 1. The molecule has 4 nitrogen and oxygen atoms in total. The number of carboxylic acid groups (broad SMARTS) is 1. The van der Waals surface area contributed by atoms with E-state index in [1.165, 1.54) is 0 Å². The summed E-state index contributed by atoms with van der Waals surface area (Å²) in [6.07, 6.45) is 1.57. The highest BCUT2D eigenvalue weighted by Crippen LogP contribution is 2.19. The number of benzene rings is 1. The van der Waals surface area contributed by atoms with Crippen LogP contribution in [0.4, 0.5) is 0 Å². The molecule has 0 fully saturated rings. The molecule has 1 aromatic rings. The van der Waals surface area contributed by atoms with Crippen LogP contribution in [0.1, 0.15) is 39.2 Å². The van der Waals surface area contributed by atoms with Gasteiger partial charge in [-0.25, -0.2) is 0 Å². The van der Waals surface area contributed by atoms with E-state index in [1.807, 2.05) is 45.0 Å². The van der Waals surface area contributed by atoms with Crippen LogP contribution in [0.5, 0.6) is 5.75 Å². The number of halogens is 1. The monoisotopic (exact) mass is 301 g/mol. The first-order valence-electron chi connectivity index (χ1n) is 6.75. The molecule has 1 aromatic carbocycles. The largest absolute Gasteiger partial charge is 0.491 e. The normalized spacial score (nSPS) is 11.8. The van der Waals surface area contributed by atoms with E-state index in [4.69, 9.17) is 9.84 Å². The molecule has 2 N–H and O–H groups in total. The summed E-state index contributed by atoms with van der Waals surface area (Å²) in [5.41, 5.74) is 0.985.